The summed E-state index contributed by atoms with van der Waals surface area (Å²) < 4.78 is 0. The number of amides is 2. The van der Waals surface area contributed by atoms with Gasteiger partial charge in [0.1, 0.15) is 0 Å². The quantitative estimate of drug-likeness (QED) is 0.866. The summed E-state index contributed by atoms with van der Waals surface area (Å²) in [7, 11) is 0. The number of pyridine rings is 1. The lowest BCUT2D eigenvalue weighted by molar-refractivity contribution is -0.377. The van der Waals surface area contributed by atoms with Crippen LogP contribution < -0.4 is 15.2 Å². The van der Waals surface area contributed by atoms with Crippen LogP contribution in [0.25, 0.3) is 0 Å². The molecule has 2 heterocycles. The van der Waals surface area contributed by atoms with Gasteiger partial charge in [0.05, 0.1) is 0 Å². The van der Waals surface area contributed by atoms with Crippen molar-refractivity contribution < 1.29 is 14.6 Å². The number of aromatic nitrogens is 1. The number of nitrogens with zero attached hydrogens (tertiary/aromatic N) is 2. The van der Waals surface area contributed by atoms with Crippen LogP contribution in [0, 0.1) is 0 Å². The fourth-order valence-corrected chi connectivity index (χ4v) is 3.07. The molecule has 2 N–H and O–H groups in total. The van der Waals surface area contributed by atoms with E-state index in [9.17, 15) is 9.59 Å². The first-order chi connectivity index (χ1) is 12.6. The van der Waals surface area contributed by atoms with E-state index in [2.05, 4.69) is 15.2 Å². The van der Waals surface area contributed by atoms with Crippen molar-refractivity contribution in [1.29, 1.82) is 0 Å². The Labute approximate surface area is 157 Å². The van der Waals surface area contributed by atoms with Gasteiger partial charge in [0.2, 0.25) is 5.91 Å². The minimum atomic E-state index is -0.194. The zero-order chi connectivity index (χ0) is 18.4. The molecule has 0 unspecified atom stereocenters. The van der Waals surface area contributed by atoms with E-state index < -0.39 is 0 Å². The minimum Gasteiger partial charge on any atom is -0.368 e. The maximum Gasteiger partial charge on any atom is 0.251 e. The number of hydrogen-bond donors (Lipinski definition) is 1. The molecule has 2 amide bonds. The molecule has 0 saturated carbocycles. The van der Waals surface area contributed by atoms with Crippen molar-refractivity contribution in [2.24, 2.45) is 0 Å². The molecule has 1 aliphatic heterocycles. The maximum absolute atomic E-state index is 12.3. The molecule has 1 aromatic heterocycles. The van der Waals surface area contributed by atoms with Crippen LogP contribution in [0.4, 0.5) is 5.69 Å². The summed E-state index contributed by atoms with van der Waals surface area (Å²) in [5, 5.41) is 3.37. The van der Waals surface area contributed by atoms with Gasteiger partial charge < -0.3 is 15.1 Å². The van der Waals surface area contributed by atoms with E-state index in [1.807, 2.05) is 29.4 Å². The van der Waals surface area contributed by atoms with Crippen LogP contribution in [0.2, 0.25) is 5.02 Å². The lowest BCUT2D eigenvalue weighted by Crippen LogP contribution is -2.49. The highest BCUT2D eigenvalue weighted by Gasteiger charge is 2.21. The Morgan fingerprint density at radius 3 is 2.31 bits per heavy atom. The normalized spacial score (nSPS) is 14.2. The molecule has 3 rings (SSSR count). The summed E-state index contributed by atoms with van der Waals surface area (Å²) in [6.07, 6.45) is 4.10. The highest BCUT2D eigenvalue weighted by atomic mass is 35.5. The Morgan fingerprint density at radius 1 is 1.00 bits per heavy atom. The van der Waals surface area contributed by atoms with Gasteiger partial charge >= 0.3 is 0 Å². The average molecular weight is 374 g/mol. The second kappa shape index (κ2) is 8.67. The topological polar surface area (TPSA) is 66.8 Å². The number of anilines is 1. The number of hydrogen-bond acceptors (Lipinski definition) is 3. The number of aromatic amines is 1. The molecule has 1 aromatic carbocycles. The Morgan fingerprint density at radius 2 is 1.65 bits per heavy atom. The lowest BCUT2D eigenvalue weighted by Gasteiger charge is -2.35. The van der Waals surface area contributed by atoms with Crippen molar-refractivity contribution >= 4 is 29.1 Å². The molecule has 0 aliphatic carbocycles. The Hall–Kier alpha value is -2.60. The first kappa shape index (κ1) is 18.2. The van der Waals surface area contributed by atoms with Gasteiger partial charge in [-0.05, 0) is 24.3 Å². The summed E-state index contributed by atoms with van der Waals surface area (Å²) in [6.45, 7) is 3.35. The van der Waals surface area contributed by atoms with Crippen molar-refractivity contribution in [2.45, 2.75) is 6.42 Å². The van der Waals surface area contributed by atoms with Crippen LogP contribution >= 0.6 is 11.6 Å². The molecule has 1 fully saturated rings. The van der Waals surface area contributed by atoms with Gasteiger partial charge in [-0.25, -0.2) is 4.98 Å². The van der Waals surface area contributed by atoms with Crippen molar-refractivity contribution in [3.8, 4) is 0 Å². The smallest absolute Gasteiger partial charge is 0.251 e. The van der Waals surface area contributed by atoms with Crippen molar-refractivity contribution in [2.75, 3.05) is 37.6 Å². The molecule has 1 saturated heterocycles. The van der Waals surface area contributed by atoms with Gasteiger partial charge in [-0.15, -0.1) is 0 Å². The number of carbonyl (C=O) groups excluding carboxylic acids is 2. The molecular formula is C19H22ClN4O2+. The molecule has 26 heavy (non-hydrogen) atoms. The summed E-state index contributed by atoms with van der Waals surface area (Å²) in [4.78, 5) is 31.5. The van der Waals surface area contributed by atoms with Crippen LogP contribution in [0.15, 0.2) is 48.8 Å². The molecule has 0 spiro atoms. The van der Waals surface area contributed by atoms with Gasteiger partial charge in [0.25, 0.3) is 5.91 Å². The lowest BCUT2D eigenvalue weighted by atomic mass is 10.2. The van der Waals surface area contributed by atoms with E-state index in [-0.39, 0.29) is 11.8 Å². The molecule has 0 radical (unpaired) electrons. The molecule has 1 aliphatic rings. The SMILES string of the molecule is O=C(NCCC(=O)N1CCN(c2cc[nH+]cc2)CC1)c1ccc(Cl)cc1. The number of carbonyl (C=O) groups is 2. The molecule has 0 atom stereocenters. The van der Waals surface area contributed by atoms with Gasteiger partial charge in [0, 0.05) is 67.6 Å². The number of H-pyrrole nitrogens is 1. The molecule has 2 aromatic rings. The number of rotatable bonds is 5. The van der Waals surface area contributed by atoms with Crippen LogP contribution in [-0.4, -0.2) is 49.4 Å². The molecule has 7 heteroatoms. The molecule has 136 valence electrons. The van der Waals surface area contributed by atoms with Gasteiger partial charge in [-0.2, -0.15) is 0 Å². The average Bonchev–Trinajstić information content (AvgIpc) is 2.69. The van der Waals surface area contributed by atoms with Gasteiger partial charge in [0.15, 0.2) is 12.4 Å². The zero-order valence-electron chi connectivity index (χ0n) is 14.5. The fourth-order valence-electron chi connectivity index (χ4n) is 2.95. The van der Waals surface area contributed by atoms with Gasteiger partial charge in [-0.3, -0.25) is 9.59 Å². The largest absolute Gasteiger partial charge is 0.368 e. The second-order valence-electron chi connectivity index (χ2n) is 6.14. The van der Waals surface area contributed by atoms with Crippen LogP contribution in [-0.2, 0) is 4.79 Å². The molecular weight excluding hydrogens is 352 g/mol. The van der Waals surface area contributed by atoms with E-state index >= 15 is 0 Å². The number of halogens is 1. The summed E-state index contributed by atoms with van der Waals surface area (Å²) in [6, 6.07) is 10.7. The predicted molar refractivity (Wildman–Crippen MR) is 100 cm³/mol. The van der Waals surface area contributed by atoms with Crippen molar-refractivity contribution in [3.63, 3.8) is 0 Å². The first-order valence-electron chi connectivity index (χ1n) is 8.66. The van der Waals surface area contributed by atoms with E-state index in [4.69, 9.17) is 11.6 Å². The van der Waals surface area contributed by atoms with Crippen LogP contribution in [0.5, 0.6) is 0 Å². The highest BCUT2D eigenvalue weighted by Crippen LogP contribution is 2.14. The van der Waals surface area contributed by atoms with Gasteiger partial charge in [-0.1, -0.05) is 11.6 Å². The minimum absolute atomic E-state index is 0.0717. The number of nitrogens with one attached hydrogen (secondary N) is 2. The number of piperazine rings is 1. The summed E-state index contributed by atoms with van der Waals surface area (Å²) in [5.41, 5.74) is 1.70. The summed E-state index contributed by atoms with van der Waals surface area (Å²) >= 11 is 5.81. The molecule has 0 bridgehead atoms. The third-order valence-electron chi connectivity index (χ3n) is 4.43. The van der Waals surface area contributed by atoms with E-state index in [0.717, 1.165) is 18.8 Å². The van der Waals surface area contributed by atoms with Crippen molar-refractivity contribution in [3.05, 3.63) is 59.4 Å². The standard InChI is InChI=1S/C19H21ClN4O2/c20-16-3-1-15(2-4-16)19(26)22-10-7-18(25)24-13-11-23(12-14-24)17-5-8-21-9-6-17/h1-6,8-9H,7,10-14H2,(H,22,26)/p+1. The van der Waals surface area contributed by atoms with E-state index in [0.29, 0.717) is 36.6 Å². The van der Waals surface area contributed by atoms with Crippen LogP contribution in [0.1, 0.15) is 16.8 Å². The van der Waals surface area contributed by atoms with Crippen molar-refractivity contribution in [1.82, 2.24) is 10.2 Å². The van der Waals surface area contributed by atoms with Crippen LogP contribution in [0.3, 0.4) is 0 Å². The van der Waals surface area contributed by atoms with E-state index in [1.54, 1.807) is 24.3 Å². The van der Waals surface area contributed by atoms with E-state index in [1.165, 1.54) is 0 Å². The second-order valence-corrected chi connectivity index (χ2v) is 6.58. The Bertz CT molecular complexity index is 744. The first-order valence-corrected chi connectivity index (χ1v) is 9.04. The maximum atomic E-state index is 12.3. The monoisotopic (exact) mass is 373 g/mol. The third-order valence-corrected chi connectivity index (χ3v) is 4.68. The Balaban J connectivity index is 1.40. The summed E-state index contributed by atoms with van der Waals surface area (Å²) in [5.74, 6) is -0.123. The number of benzene rings is 1. The Kier molecular flexibility index (Phi) is 6.07. The fraction of sp³-hybridized carbons (Fsp3) is 0.316. The molecule has 6 nitrogen and oxygen atoms in total. The zero-order valence-corrected chi connectivity index (χ0v) is 15.2. The highest BCUT2D eigenvalue weighted by molar-refractivity contribution is 6.30. The third kappa shape index (κ3) is 4.73. The predicted octanol–water partition coefficient (Wildman–Crippen LogP) is 1.62.